The van der Waals surface area contributed by atoms with E-state index in [1.807, 2.05) is 45.0 Å². The van der Waals surface area contributed by atoms with Crippen LogP contribution in [0.4, 0.5) is 0 Å². The number of carbonyl (C=O) groups is 1. The van der Waals surface area contributed by atoms with Crippen LogP contribution in [0.3, 0.4) is 0 Å². The Bertz CT molecular complexity index is 641. The third-order valence-corrected chi connectivity index (χ3v) is 3.56. The van der Waals surface area contributed by atoms with Crippen molar-refractivity contribution in [3.63, 3.8) is 0 Å². The second-order valence-corrected chi connectivity index (χ2v) is 6.62. The van der Waals surface area contributed by atoms with Gasteiger partial charge in [0.05, 0.1) is 23.1 Å². The van der Waals surface area contributed by atoms with Gasteiger partial charge in [-0.15, -0.1) is 0 Å². The molecule has 0 atom stereocenters. The maximum absolute atomic E-state index is 12.2. The molecule has 1 aromatic carbocycles. The minimum Gasteiger partial charge on any atom is -0.350 e. The summed E-state index contributed by atoms with van der Waals surface area (Å²) in [4.78, 5) is 12.2. The molecule has 3 N–H and O–H groups in total. The summed E-state index contributed by atoms with van der Waals surface area (Å²) < 4.78 is 2.74. The van der Waals surface area contributed by atoms with Crippen LogP contribution >= 0.6 is 15.9 Å². The Morgan fingerprint density at radius 1 is 1.38 bits per heavy atom. The van der Waals surface area contributed by atoms with Crippen LogP contribution in [0.25, 0.3) is 5.69 Å². The largest absolute Gasteiger partial charge is 0.350 e. The Hall–Kier alpha value is -1.66. The van der Waals surface area contributed by atoms with E-state index < -0.39 is 5.54 Å². The average molecular weight is 351 g/mol. The maximum atomic E-state index is 12.2. The first-order valence-electron chi connectivity index (χ1n) is 6.65. The smallest absolute Gasteiger partial charge is 0.254 e. The summed E-state index contributed by atoms with van der Waals surface area (Å²) in [6.07, 6.45) is 1.58. The number of benzene rings is 1. The van der Waals surface area contributed by atoms with Crippen LogP contribution in [0.5, 0.6) is 0 Å². The van der Waals surface area contributed by atoms with E-state index in [0.29, 0.717) is 12.1 Å². The van der Waals surface area contributed by atoms with E-state index in [-0.39, 0.29) is 5.91 Å². The minimum atomic E-state index is -0.439. The third kappa shape index (κ3) is 3.92. The summed E-state index contributed by atoms with van der Waals surface area (Å²) in [5, 5.41) is 7.12. The van der Waals surface area contributed by atoms with E-state index in [2.05, 4.69) is 26.3 Å². The predicted octanol–water partition coefficient (Wildman–Crippen LogP) is 2.41. The van der Waals surface area contributed by atoms with Crippen molar-refractivity contribution < 1.29 is 4.79 Å². The van der Waals surface area contributed by atoms with Crippen LogP contribution in [-0.2, 0) is 0 Å². The zero-order chi connectivity index (χ0) is 15.6. The fourth-order valence-electron chi connectivity index (χ4n) is 1.88. The van der Waals surface area contributed by atoms with E-state index in [1.165, 1.54) is 0 Å². The molecule has 0 bridgehead atoms. The maximum Gasteiger partial charge on any atom is 0.254 e. The summed E-state index contributed by atoms with van der Waals surface area (Å²) in [6.45, 7) is 6.02. The van der Waals surface area contributed by atoms with Crippen LogP contribution in [0.15, 0.2) is 34.9 Å². The number of nitrogens with one attached hydrogen (secondary N) is 1. The molecule has 2 aromatic rings. The highest BCUT2D eigenvalue weighted by atomic mass is 79.9. The molecular formula is C15H19BrN4O. The van der Waals surface area contributed by atoms with Gasteiger partial charge in [0.25, 0.3) is 5.91 Å². The molecule has 2 rings (SSSR count). The molecule has 0 fully saturated rings. The van der Waals surface area contributed by atoms with Gasteiger partial charge in [-0.25, -0.2) is 4.68 Å². The summed E-state index contributed by atoms with van der Waals surface area (Å²) in [5.41, 5.74) is 7.70. The molecule has 0 aliphatic carbocycles. The quantitative estimate of drug-likeness (QED) is 0.889. The van der Waals surface area contributed by atoms with Gasteiger partial charge in [-0.3, -0.25) is 4.79 Å². The van der Waals surface area contributed by atoms with E-state index in [0.717, 1.165) is 15.9 Å². The van der Waals surface area contributed by atoms with Crippen LogP contribution in [-0.4, -0.2) is 27.8 Å². The second-order valence-electron chi connectivity index (χ2n) is 5.70. The molecule has 21 heavy (non-hydrogen) atoms. The van der Waals surface area contributed by atoms with Crippen molar-refractivity contribution in [2.45, 2.75) is 26.3 Å². The molecule has 6 heteroatoms. The highest BCUT2D eigenvalue weighted by molar-refractivity contribution is 9.10. The number of hydrogen-bond acceptors (Lipinski definition) is 3. The molecule has 5 nitrogen and oxygen atoms in total. The fourth-order valence-corrected chi connectivity index (χ4v) is 2.14. The Kier molecular flexibility index (Phi) is 4.49. The van der Waals surface area contributed by atoms with Gasteiger partial charge in [-0.1, -0.05) is 15.9 Å². The molecule has 0 aliphatic rings. The van der Waals surface area contributed by atoms with Gasteiger partial charge < -0.3 is 11.1 Å². The summed E-state index contributed by atoms with van der Waals surface area (Å²) in [5.74, 6) is -0.158. The number of carbonyl (C=O) groups excluding carboxylic acids is 1. The molecule has 1 aromatic heterocycles. The monoisotopic (exact) mass is 350 g/mol. The molecule has 1 amide bonds. The van der Waals surface area contributed by atoms with Crippen molar-refractivity contribution in [1.82, 2.24) is 15.1 Å². The number of nitrogens with two attached hydrogens (primary N) is 1. The van der Waals surface area contributed by atoms with Crippen LogP contribution in [0.2, 0.25) is 0 Å². The van der Waals surface area contributed by atoms with Gasteiger partial charge in [-0.2, -0.15) is 5.10 Å². The van der Waals surface area contributed by atoms with E-state index >= 15 is 0 Å². The van der Waals surface area contributed by atoms with Gasteiger partial charge in [0, 0.05) is 16.6 Å². The predicted molar refractivity (Wildman–Crippen MR) is 86.6 cm³/mol. The molecular weight excluding hydrogens is 332 g/mol. The molecule has 0 radical (unpaired) electrons. The van der Waals surface area contributed by atoms with Gasteiger partial charge in [0.2, 0.25) is 0 Å². The average Bonchev–Trinajstić information content (AvgIpc) is 2.78. The number of aromatic nitrogens is 2. The van der Waals surface area contributed by atoms with Crippen LogP contribution in [0.1, 0.15) is 29.9 Å². The number of hydrogen-bond donors (Lipinski definition) is 2. The molecule has 0 saturated carbocycles. The first-order chi connectivity index (χ1) is 9.78. The van der Waals surface area contributed by atoms with Crippen molar-refractivity contribution >= 4 is 21.8 Å². The molecule has 112 valence electrons. The van der Waals surface area contributed by atoms with Crippen molar-refractivity contribution in [3.05, 3.63) is 46.2 Å². The summed E-state index contributed by atoms with van der Waals surface area (Å²) in [6, 6.07) is 7.75. The summed E-state index contributed by atoms with van der Waals surface area (Å²) in [7, 11) is 0. The van der Waals surface area contributed by atoms with Crippen LogP contribution in [0, 0.1) is 6.92 Å². The molecule has 0 saturated heterocycles. The molecule has 1 heterocycles. The minimum absolute atomic E-state index is 0.158. The lowest BCUT2D eigenvalue weighted by Gasteiger charge is -2.18. The first-order valence-corrected chi connectivity index (χ1v) is 7.45. The molecule has 0 unspecified atom stereocenters. The SMILES string of the molecule is Cc1c(C(=O)NCC(C)(C)N)cnn1-c1ccc(Br)cc1. The number of amides is 1. The highest BCUT2D eigenvalue weighted by Gasteiger charge is 2.17. The topological polar surface area (TPSA) is 72.9 Å². The second kappa shape index (κ2) is 5.99. The van der Waals surface area contributed by atoms with Crippen LogP contribution < -0.4 is 11.1 Å². The Balaban J connectivity index is 2.20. The third-order valence-electron chi connectivity index (χ3n) is 3.03. The normalized spacial score (nSPS) is 11.5. The van der Waals surface area contributed by atoms with Gasteiger partial charge in [0.1, 0.15) is 0 Å². The van der Waals surface area contributed by atoms with Crippen molar-refractivity contribution in [2.75, 3.05) is 6.54 Å². The van der Waals surface area contributed by atoms with Crippen molar-refractivity contribution in [2.24, 2.45) is 5.73 Å². The number of halogens is 1. The van der Waals surface area contributed by atoms with Gasteiger partial charge >= 0.3 is 0 Å². The van der Waals surface area contributed by atoms with E-state index in [1.54, 1.807) is 10.9 Å². The highest BCUT2D eigenvalue weighted by Crippen LogP contribution is 2.17. The summed E-state index contributed by atoms with van der Waals surface area (Å²) >= 11 is 3.40. The number of rotatable bonds is 4. The molecule has 0 spiro atoms. The zero-order valence-corrected chi connectivity index (χ0v) is 13.9. The Morgan fingerprint density at radius 3 is 2.57 bits per heavy atom. The first kappa shape index (κ1) is 15.7. The molecule has 0 aliphatic heterocycles. The lowest BCUT2D eigenvalue weighted by Crippen LogP contribution is -2.45. The van der Waals surface area contributed by atoms with Gasteiger partial charge in [0.15, 0.2) is 0 Å². The van der Waals surface area contributed by atoms with E-state index in [4.69, 9.17) is 5.73 Å². The van der Waals surface area contributed by atoms with Crippen molar-refractivity contribution in [3.8, 4) is 5.69 Å². The lowest BCUT2D eigenvalue weighted by molar-refractivity contribution is 0.0945. The zero-order valence-electron chi connectivity index (χ0n) is 12.4. The van der Waals surface area contributed by atoms with Crippen molar-refractivity contribution in [1.29, 1.82) is 0 Å². The Labute approximate surface area is 132 Å². The Morgan fingerprint density at radius 2 is 2.00 bits per heavy atom. The number of nitrogens with zero attached hydrogens (tertiary/aromatic N) is 2. The van der Waals surface area contributed by atoms with E-state index in [9.17, 15) is 4.79 Å². The standard InChI is InChI=1S/C15H19BrN4O/c1-10-13(14(21)18-9-15(2,3)17)8-19-20(10)12-6-4-11(16)5-7-12/h4-8H,9,17H2,1-3H3,(H,18,21). The van der Waals surface area contributed by atoms with Gasteiger partial charge in [-0.05, 0) is 45.0 Å². The lowest BCUT2D eigenvalue weighted by atomic mass is 10.1. The fraction of sp³-hybridized carbons (Fsp3) is 0.333.